The SMILES string of the molecule is C[C@H]1C(=O)C=C[C@H]2CN1C(=O)c1c(OCc3ccccc3)c(=O)c(C(=O)NCc3c(F)cc(F)cc3F)cn12. The van der Waals surface area contributed by atoms with Crippen molar-refractivity contribution in [3.63, 3.8) is 0 Å². The quantitative estimate of drug-likeness (QED) is 0.521. The van der Waals surface area contributed by atoms with Gasteiger partial charge in [0.1, 0.15) is 29.6 Å². The molecule has 0 saturated heterocycles. The topological polar surface area (TPSA) is 97.7 Å². The standard InChI is InChI=1S/C28H22F3N3O5/c1-15-23(35)8-7-18-12-33(15)28(38)24-26(39-14-16-5-3-2-4-6-16)25(36)20(13-34(18)24)27(37)32-11-19-21(30)9-17(29)10-22(19)31/h2-10,13,15,18H,11-12,14H2,1H3,(H,32,37)/t15-,18-/m0/s1. The predicted octanol–water partition coefficient (Wildman–Crippen LogP) is 3.30. The maximum absolute atomic E-state index is 14.1. The van der Waals surface area contributed by atoms with Gasteiger partial charge in [0.25, 0.3) is 11.8 Å². The molecular formula is C28H22F3N3O5. The van der Waals surface area contributed by atoms with Gasteiger partial charge in [-0.05, 0) is 18.6 Å². The largest absolute Gasteiger partial charge is 0.483 e. The number of aromatic nitrogens is 1. The number of nitrogens with one attached hydrogen (secondary N) is 1. The van der Waals surface area contributed by atoms with E-state index in [0.29, 0.717) is 17.7 Å². The van der Waals surface area contributed by atoms with E-state index >= 15 is 0 Å². The van der Waals surface area contributed by atoms with E-state index in [4.69, 9.17) is 4.74 Å². The molecule has 2 aliphatic heterocycles. The number of fused-ring (bicyclic) bond motifs is 4. The summed E-state index contributed by atoms with van der Waals surface area (Å²) in [6, 6.07) is 8.42. The Morgan fingerprint density at radius 2 is 1.77 bits per heavy atom. The highest BCUT2D eigenvalue weighted by Crippen LogP contribution is 2.31. The van der Waals surface area contributed by atoms with E-state index in [1.807, 2.05) is 0 Å². The third-order valence-corrected chi connectivity index (χ3v) is 6.76. The Kier molecular flexibility index (Phi) is 6.81. The smallest absolute Gasteiger partial charge is 0.275 e. The third-order valence-electron chi connectivity index (χ3n) is 6.76. The van der Waals surface area contributed by atoms with Crippen LogP contribution < -0.4 is 15.5 Å². The summed E-state index contributed by atoms with van der Waals surface area (Å²) >= 11 is 0. The molecular weight excluding hydrogens is 515 g/mol. The minimum atomic E-state index is -1.20. The van der Waals surface area contributed by atoms with E-state index in [0.717, 1.165) is 0 Å². The van der Waals surface area contributed by atoms with Crippen molar-refractivity contribution < 1.29 is 32.3 Å². The van der Waals surface area contributed by atoms with Crippen LogP contribution in [0.2, 0.25) is 0 Å². The Labute approximate surface area is 220 Å². The fraction of sp³-hybridized carbons (Fsp3) is 0.214. The van der Waals surface area contributed by atoms with Crippen molar-refractivity contribution in [2.45, 2.75) is 32.2 Å². The Hall–Kier alpha value is -4.67. The zero-order valence-corrected chi connectivity index (χ0v) is 20.6. The Bertz CT molecular complexity index is 1560. The van der Waals surface area contributed by atoms with Crippen molar-refractivity contribution in [2.24, 2.45) is 0 Å². The summed E-state index contributed by atoms with van der Waals surface area (Å²) in [4.78, 5) is 53.9. The van der Waals surface area contributed by atoms with Gasteiger partial charge >= 0.3 is 0 Å². The average molecular weight is 537 g/mol. The summed E-state index contributed by atoms with van der Waals surface area (Å²) < 4.78 is 48.7. The number of halogens is 3. The number of pyridine rings is 1. The molecule has 3 heterocycles. The van der Waals surface area contributed by atoms with Crippen molar-refractivity contribution >= 4 is 17.6 Å². The molecule has 1 aromatic heterocycles. The van der Waals surface area contributed by atoms with Gasteiger partial charge in [0.15, 0.2) is 17.2 Å². The van der Waals surface area contributed by atoms with Crippen LogP contribution in [0.5, 0.6) is 5.75 Å². The van der Waals surface area contributed by atoms with Gasteiger partial charge in [-0.25, -0.2) is 13.2 Å². The van der Waals surface area contributed by atoms with Gasteiger partial charge in [-0.3, -0.25) is 19.2 Å². The normalized spacial score (nSPS) is 18.0. The molecule has 2 bridgehead atoms. The monoisotopic (exact) mass is 537 g/mol. The van der Waals surface area contributed by atoms with Gasteiger partial charge in [-0.1, -0.05) is 36.4 Å². The lowest BCUT2D eigenvalue weighted by Gasteiger charge is -2.36. The minimum absolute atomic E-state index is 0.0948. The van der Waals surface area contributed by atoms with Gasteiger partial charge in [-0.2, -0.15) is 0 Å². The molecule has 8 nitrogen and oxygen atoms in total. The molecule has 2 atom stereocenters. The molecule has 39 heavy (non-hydrogen) atoms. The molecule has 5 rings (SSSR count). The average Bonchev–Trinajstić information content (AvgIpc) is 3.03. The number of nitrogens with zero attached hydrogens (tertiary/aromatic N) is 2. The first-order valence-electron chi connectivity index (χ1n) is 12.1. The van der Waals surface area contributed by atoms with E-state index in [1.165, 1.54) is 21.7 Å². The number of rotatable bonds is 6. The molecule has 0 spiro atoms. The fourth-order valence-corrected chi connectivity index (χ4v) is 4.60. The molecule has 3 aromatic rings. The number of hydrogen-bond donors (Lipinski definition) is 1. The van der Waals surface area contributed by atoms with E-state index in [-0.39, 0.29) is 30.4 Å². The summed E-state index contributed by atoms with van der Waals surface area (Å²) in [7, 11) is 0. The van der Waals surface area contributed by atoms with Gasteiger partial charge < -0.3 is 19.5 Å². The summed E-state index contributed by atoms with van der Waals surface area (Å²) in [6.45, 7) is 0.937. The molecule has 11 heteroatoms. The zero-order valence-electron chi connectivity index (χ0n) is 20.6. The molecule has 2 aliphatic rings. The number of benzene rings is 2. The number of amides is 2. The Balaban J connectivity index is 1.56. The lowest BCUT2D eigenvalue weighted by Crippen LogP contribution is -2.49. The van der Waals surface area contributed by atoms with Crippen molar-refractivity contribution in [1.82, 2.24) is 14.8 Å². The van der Waals surface area contributed by atoms with Crippen LogP contribution in [0.25, 0.3) is 0 Å². The first-order valence-corrected chi connectivity index (χ1v) is 12.1. The van der Waals surface area contributed by atoms with Crippen LogP contribution in [0.4, 0.5) is 13.2 Å². The molecule has 0 aliphatic carbocycles. The highest BCUT2D eigenvalue weighted by molar-refractivity contribution is 6.03. The lowest BCUT2D eigenvalue weighted by atomic mass is 10.1. The summed E-state index contributed by atoms with van der Waals surface area (Å²) in [5.41, 5.74) is -1.37. The first kappa shape index (κ1) is 26.0. The fourth-order valence-electron chi connectivity index (χ4n) is 4.60. The molecule has 0 unspecified atom stereocenters. The number of ketones is 1. The van der Waals surface area contributed by atoms with E-state index in [1.54, 1.807) is 43.3 Å². The zero-order chi connectivity index (χ0) is 27.8. The lowest BCUT2D eigenvalue weighted by molar-refractivity contribution is -0.118. The maximum atomic E-state index is 14.1. The molecule has 0 saturated carbocycles. The van der Waals surface area contributed by atoms with Crippen molar-refractivity contribution in [3.05, 3.63) is 111 Å². The second-order valence-electron chi connectivity index (χ2n) is 9.22. The Morgan fingerprint density at radius 3 is 2.46 bits per heavy atom. The predicted molar refractivity (Wildman–Crippen MR) is 133 cm³/mol. The van der Waals surface area contributed by atoms with Crippen LogP contribution in [-0.4, -0.2) is 39.7 Å². The first-order chi connectivity index (χ1) is 18.7. The maximum Gasteiger partial charge on any atom is 0.275 e. The molecule has 2 aromatic carbocycles. The number of carbonyl (C=O) groups excluding carboxylic acids is 3. The molecule has 0 radical (unpaired) electrons. The Morgan fingerprint density at radius 1 is 1.08 bits per heavy atom. The summed E-state index contributed by atoms with van der Waals surface area (Å²) in [5.74, 6) is -5.80. The van der Waals surface area contributed by atoms with Crippen molar-refractivity contribution in [2.75, 3.05) is 6.54 Å². The van der Waals surface area contributed by atoms with Gasteiger partial charge in [0, 0.05) is 37.0 Å². The van der Waals surface area contributed by atoms with Gasteiger partial charge in [0.2, 0.25) is 5.43 Å². The summed E-state index contributed by atoms with van der Waals surface area (Å²) in [5, 5.41) is 2.28. The van der Waals surface area contributed by atoms with Crippen LogP contribution in [-0.2, 0) is 17.9 Å². The van der Waals surface area contributed by atoms with Crippen LogP contribution in [0.15, 0.2) is 65.6 Å². The van der Waals surface area contributed by atoms with Crippen LogP contribution in [0.3, 0.4) is 0 Å². The molecule has 0 fully saturated rings. The highest BCUT2D eigenvalue weighted by Gasteiger charge is 2.40. The minimum Gasteiger partial charge on any atom is -0.483 e. The number of ether oxygens (including phenoxy) is 1. The van der Waals surface area contributed by atoms with Gasteiger partial charge in [0.05, 0.1) is 12.1 Å². The van der Waals surface area contributed by atoms with Crippen molar-refractivity contribution in [3.8, 4) is 5.75 Å². The molecule has 200 valence electrons. The summed E-state index contributed by atoms with van der Waals surface area (Å²) in [6.07, 6.45) is 4.09. The number of carbonyl (C=O) groups is 3. The van der Waals surface area contributed by atoms with Crippen molar-refractivity contribution in [1.29, 1.82) is 0 Å². The van der Waals surface area contributed by atoms with Crippen LogP contribution in [0.1, 0.15) is 44.9 Å². The number of hydrogen-bond acceptors (Lipinski definition) is 5. The van der Waals surface area contributed by atoms with Crippen LogP contribution in [0, 0.1) is 17.5 Å². The third kappa shape index (κ3) is 4.83. The van der Waals surface area contributed by atoms with Crippen LogP contribution >= 0.6 is 0 Å². The second-order valence-corrected chi connectivity index (χ2v) is 9.22. The van der Waals surface area contributed by atoms with E-state index < -0.39 is 64.5 Å². The highest BCUT2D eigenvalue weighted by atomic mass is 19.1. The van der Waals surface area contributed by atoms with Gasteiger partial charge in [-0.15, -0.1) is 0 Å². The molecule has 2 amide bonds. The van der Waals surface area contributed by atoms with E-state index in [9.17, 15) is 32.3 Å². The van der Waals surface area contributed by atoms with E-state index in [2.05, 4.69) is 5.32 Å². The molecule has 1 N–H and O–H groups in total. The second kappa shape index (κ2) is 10.2.